The highest BCUT2D eigenvalue weighted by Crippen LogP contribution is 2.37. The number of para-hydroxylation sites is 1. The molecule has 300 valence electrons. The van der Waals surface area contributed by atoms with Gasteiger partial charge in [0.1, 0.15) is 0 Å². The van der Waals surface area contributed by atoms with E-state index in [1.54, 1.807) is 0 Å². The highest BCUT2D eigenvalue weighted by molar-refractivity contribution is 5.83. The maximum absolute atomic E-state index is 2.31. The molecule has 0 heterocycles. The van der Waals surface area contributed by atoms with Crippen LogP contribution in [0, 0.1) is 0 Å². The molecule has 0 spiro atoms. The monoisotopic (exact) mass is 805 g/mol. The second kappa shape index (κ2) is 19.9. The highest BCUT2D eigenvalue weighted by Gasteiger charge is 2.13. The topological polar surface area (TPSA) is 3.24 Å². The van der Waals surface area contributed by atoms with Crippen molar-refractivity contribution in [2.75, 3.05) is 4.90 Å². The standard InChI is InChI=1S/C62H47N/c1-6-20-54(21-7-1)61(55-22-8-2-9-23-55)30-16-18-48-32-36-50(37-33-48)52-40-44-59(45-41-52)63(58-28-14-5-15-29-58)60-46-42-53(43-47-60)51-38-34-49(35-39-51)19-17-31-62(56-24-10-3-11-25-56)57-26-12-4-13-27-57/h1-47H/b18-16+,19-17+. The Bertz CT molecular complexity index is 2670. The molecule has 0 aromatic heterocycles. The fourth-order valence-corrected chi connectivity index (χ4v) is 7.90. The first kappa shape index (κ1) is 40.2. The molecule has 0 unspecified atom stereocenters. The number of hydrogen-bond acceptors (Lipinski definition) is 1. The molecule has 0 N–H and O–H groups in total. The molecule has 0 fully saturated rings. The molecule has 0 aliphatic heterocycles. The summed E-state index contributed by atoms with van der Waals surface area (Å²) in [5.74, 6) is 0. The van der Waals surface area contributed by atoms with Gasteiger partial charge in [0.2, 0.25) is 0 Å². The molecule has 0 radical (unpaired) electrons. The van der Waals surface area contributed by atoms with Crippen LogP contribution in [0.1, 0.15) is 33.4 Å². The molecular weight excluding hydrogens is 759 g/mol. The third kappa shape index (κ3) is 10.0. The smallest absolute Gasteiger partial charge is 0.0462 e. The summed E-state index contributed by atoms with van der Waals surface area (Å²) in [6.07, 6.45) is 13.0. The molecule has 0 aliphatic rings. The van der Waals surface area contributed by atoms with E-state index in [1.807, 2.05) is 0 Å². The van der Waals surface area contributed by atoms with Crippen molar-refractivity contribution in [1.82, 2.24) is 0 Å². The number of allylic oxidation sites excluding steroid dienone is 4. The van der Waals surface area contributed by atoms with Crippen LogP contribution in [-0.4, -0.2) is 0 Å². The lowest BCUT2D eigenvalue weighted by molar-refractivity contribution is 1.28. The lowest BCUT2D eigenvalue weighted by atomic mass is 9.97. The van der Waals surface area contributed by atoms with E-state index in [9.17, 15) is 0 Å². The Morgan fingerprint density at radius 3 is 0.810 bits per heavy atom. The van der Waals surface area contributed by atoms with Gasteiger partial charge in [0, 0.05) is 17.1 Å². The number of benzene rings is 9. The summed E-state index contributed by atoms with van der Waals surface area (Å²) in [5, 5.41) is 0. The average molecular weight is 806 g/mol. The van der Waals surface area contributed by atoms with Gasteiger partial charge in [-0.3, -0.25) is 0 Å². The summed E-state index contributed by atoms with van der Waals surface area (Å²) in [7, 11) is 0. The van der Waals surface area contributed by atoms with Crippen molar-refractivity contribution >= 4 is 40.4 Å². The van der Waals surface area contributed by atoms with Crippen molar-refractivity contribution in [2.45, 2.75) is 0 Å². The van der Waals surface area contributed by atoms with Crippen LogP contribution in [0.4, 0.5) is 17.1 Å². The summed E-state index contributed by atoms with van der Waals surface area (Å²) in [6.45, 7) is 0. The van der Waals surface area contributed by atoms with E-state index in [-0.39, 0.29) is 0 Å². The van der Waals surface area contributed by atoms with Crippen molar-refractivity contribution in [2.24, 2.45) is 0 Å². The first-order chi connectivity index (χ1) is 31.2. The average Bonchev–Trinajstić information content (AvgIpc) is 3.36. The van der Waals surface area contributed by atoms with E-state index in [1.165, 1.54) is 55.7 Å². The summed E-state index contributed by atoms with van der Waals surface area (Å²) >= 11 is 0. The van der Waals surface area contributed by atoms with Crippen molar-refractivity contribution < 1.29 is 0 Å². The minimum Gasteiger partial charge on any atom is -0.311 e. The lowest BCUT2D eigenvalue weighted by Gasteiger charge is -2.26. The highest BCUT2D eigenvalue weighted by atomic mass is 15.1. The Morgan fingerprint density at radius 2 is 0.508 bits per heavy atom. The van der Waals surface area contributed by atoms with Crippen molar-refractivity contribution in [3.8, 4) is 22.3 Å². The molecule has 0 saturated heterocycles. The molecular formula is C62H47N. The molecule has 0 saturated carbocycles. The van der Waals surface area contributed by atoms with E-state index < -0.39 is 0 Å². The molecule has 0 atom stereocenters. The normalized spacial score (nSPS) is 11.0. The van der Waals surface area contributed by atoms with Crippen molar-refractivity contribution in [3.05, 3.63) is 306 Å². The molecule has 0 aliphatic carbocycles. The van der Waals surface area contributed by atoms with Crippen LogP contribution in [-0.2, 0) is 0 Å². The lowest BCUT2D eigenvalue weighted by Crippen LogP contribution is -2.09. The SMILES string of the molecule is C(/C=C/c1ccc(-c2ccc(N(c3ccccc3)c3ccc(-c4ccc(/C=C/C=C(c5ccccc5)c5ccccc5)cc4)cc3)cc2)cc1)=C(c1ccccc1)c1ccccc1. The quantitative estimate of drug-likeness (QED) is 0.105. The van der Waals surface area contributed by atoms with Gasteiger partial charge in [-0.15, -0.1) is 0 Å². The van der Waals surface area contributed by atoms with Crippen LogP contribution in [0.5, 0.6) is 0 Å². The van der Waals surface area contributed by atoms with Gasteiger partial charge in [-0.1, -0.05) is 249 Å². The summed E-state index contributed by atoms with van der Waals surface area (Å²) in [4.78, 5) is 2.31. The first-order valence-corrected chi connectivity index (χ1v) is 21.5. The van der Waals surface area contributed by atoms with Crippen molar-refractivity contribution in [3.63, 3.8) is 0 Å². The molecule has 9 rings (SSSR count). The van der Waals surface area contributed by atoms with Gasteiger partial charge in [-0.25, -0.2) is 0 Å². The van der Waals surface area contributed by atoms with Gasteiger partial charge >= 0.3 is 0 Å². The van der Waals surface area contributed by atoms with Crippen LogP contribution in [0.25, 0.3) is 45.6 Å². The Kier molecular flexibility index (Phi) is 12.7. The minimum absolute atomic E-state index is 1.10. The van der Waals surface area contributed by atoms with E-state index in [4.69, 9.17) is 0 Å². The van der Waals surface area contributed by atoms with Crippen LogP contribution in [0.3, 0.4) is 0 Å². The number of rotatable bonds is 13. The van der Waals surface area contributed by atoms with Gasteiger partial charge in [-0.05, 0) is 103 Å². The predicted octanol–water partition coefficient (Wildman–Crippen LogP) is 16.8. The Balaban J connectivity index is 0.896. The van der Waals surface area contributed by atoms with Gasteiger partial charge in [0.05, 0.1) is 0 Å². The van der Waals surface area contributed by atoms with Crippen LogP contribution < -0.4 is 4.90 Å². The van der Waals surface area contributed by atoms with Crippen LogP contribution in [0.2, 0.25) is 0 Å². The van der Waals surface area contributed by atoms with E-state index in [0.29, 0.717) is 0 Å². The molecule has 63 heavy (non-hydrogen) atoms. The molecule has 0 amide bonds. The third-order valence-corrected chi connectivity index (χ3v) is 11.2. The fraction of sp³-hybridized carbons (Fsp3) is 0. The van der Waals surface area contributed by atoms with Crippen LogP contribution in [0.15, 0.2) is 273 Å². The van der Waals surface area contributed by atoms with Gasteiger partial charge in [0.25, 0.3) is 0 Å². The second-order valence-corrected chi connectivity index (χ2v) is 15.4. The van der Waals surface area contributed by atoms with E-state index in [2.05, 4.69) is 290 Å². The number of hydrogen-bond donors (Lipinski definition) is 0. The molecule has 0 bridgehead atoms. The maximum atomic E-state index is 2.31. The second-order valence-electron chi connectivity index (χ2n) is 15.4. The number of anilines is 3. The zero-order chi connectivity index (χ0) is 42.5. The maximum Gasteiger partial charge on any atom is 0.0462 e. The zero-order valence-electron chi connectivity index (χ0n) is 35.1. The van der Waals surface area contributed by atoms with E-state index in [0.717, 1.165) is 28.2 Å². The minimum atomic E-state index is 1.10. The Morgan fingerprint density at radius 1 is 0.254 bits per heavy atom. The van der Waals surface area contributed by atoms with Gasteiger partial charge < -0.3 is 4.90 Å². The Hall–Kier alpha value is -8.26. The van der Waals surface area contributed by atoms with E-state index >= 15 is 0 Å². The third-order valence-electron chi connectivity index (χ3n) is 11.2. The fourth-order valence-electron chi connectivity index (χ4n) is 7.90. The zero-order valence-corrected chi connectivity index (χ0v) is 35.1. The predicted molar refractivity (Wildman–Crippen MR) is 270 cm³/mol. The Labute approximate surface area is 372 Å². The summed E-state index contributed by atoms with van der Waals surface area (Å²) < 4.78 is 0. The molecule has 1 nitrogen and oxygen atoms in total. The van der Waals surface area contributed by atoms with Crippen LogP contribution >= 0.6 is 0 Å². The first-order valence-electron chi connectivity index (χ1n) is 21.5. The molecule has 9 aromatic rings. The van der Waals surface area contributed by atoms with Gasteiger partial charge in [-0.2, -0.15) is 0 Å². The largest absolute Gasteiger partial charge is 0.311 e. The van der Waals surface area contributed by atoms with Gasteiger partial charge in [0.15, 0.2) is 0 Å². The molecule has 1 heteroatoms. The summed E-state index contributed by atoms with van der Waals surface area (Å²) in [5.41, 5.74) is 17.5. The number of nitrogens with zero attached hydrogens (tertiary/aromatic N) is 1. The molecule has 9 aromatic carbocycles. The summed E-state index contributed by atoms with van der Waals surface area (Å²) in [6, 6.07) is 88.1. The van der Waals surface area contributed by atoms with Crippen molar-refractivity contribution in [1.29, 1.82) is 0 Å².